The van der Waals surface area contributed by atoms with Gasteiger partial charge in [0.1, 0.15) is 0 Å². The Morgan fingerprint density at radius 3 is 2.39 bits per heavy atom. The number of rotatable bonds is 6. The maximum atomic E-state index is 12.3. The third-order valence-electron chi connectivity index (χ3n) is 3.45. The molecule has 0 radical (unpaired) electrons. The van der Waals surface area contributed by atoms with Crippen LogP contribution in [0.5, 0.6) is 0 Å². The third-order valence-corrected chi connectivity index (χ3v) is 3.45. The van der Waals surface area contributed by atoms with Crippen LogP contribution in [0.1, 0.15) is 32.8 Å². The minimum absolute atomic E-state index is 0.0516. The fourth-order valence-electron chi connectivity index (χ4n) is 1.86. The first-order chi connectivity index (χ1) is 8.60. The lowest BCUT2D eigenvalue weighted by atomic mass is 9.98. The molecule has 1 amide bonds. The van der Waals surface area contributed by atoms with E-state index in [1.165, 1.54) is 0 Å². The Morgan fingerprint density at radius 2 is 1.89 bits per heavy atom. The first kappa shape index (κ1) is 14.7. The van der Waals surface area contributed by atoms with Gasteiger partial charge in [-0.05, 0) is 18.4 Å². The summed E-state index contributed by atoms with van der Waals surface area (Å²) in [6.07, 6.45) is 0.926. The van der Waals surface area contributed by atoms with Gasteiger partial charge in [-0.1, -0.05) is 50.6 Å². The number of hydrogen-bond acceptors (Lipinski definition) is 2. The Morgan fingerprint density at radius 1 is 1.28 bits per heavy atom. The number of carbonyl (C=O) groups excluding carboxylic acids is 1. The molecular formula is C15H24N2O. The molecule has 2 atom stereocenters. The van der Waals surface area contributed by atoms with E-state index < -0.39 is 6.04 Å². The molecule has 1 aromatic carbocycles. The fourth-order valence-corrected chi connectivity index (χ4v) is 1.86. The quantitative estimate of drug-likeness (QED) is 0.840. The van der Waals surface area contributed by atoms with Crippen LogP contribution in [0, 0.1) is 5.92 Å². The van der Waals surface area contributed by atoms with Gasteiger partial charge in [0, 0.05) is 13.1 Å². The summed E-state index contributed by atoms with van der Waals surface area (Å²) in [4.78, 5) is 14.1. The predicted molar refractivity (Wildman–Crippen MR) is 75.0 cm³/mol. The van der Waals surface area contributed by atoms with Crippen LogP contribution in [-0.4, -0.2) is 23.4 Å². The van der Waals surface area contributed by atoms with Gasteiger partial charge in [0.05, 0.1) is 6.04 Å². The van der Waals surface area contributed by atoms with Gasteiger partial charge in [-0.25, -0.2) is 0 Å². The highest BCUT2D eigenvalue weighted by Crippen LogP contribution is 2.11. The van der Waals surface area contributed by atoms with Crippen LogP contribution in [0.3, 0.4) is 0 Å². The molecule has 1 aromatic rings. The van der Waals surface area contributed by atoms with Crippen molar-refractivity contribution in [1.82, 2.24) is 4.90 Å². The predicted octanol–water partition coefficient (Wildman–Crippen LogP) is 2.41. The van der Waals surface area contributed by atoms with Gasteiger partial charge in [0.25, 0.3) is 0 Å². The number of carbonyl (C=O) groups is 1. The molecule has 1 unspecified atom stereocenters. The van der Waals surface area contributed by atoms with Crippen molar-refractivity contribution in [3.8, 4) is 0 Å². The van der Waals surface area contributed by atoms with Gasteiger partial charge in [0.2, 0.25) is 5.91 Å². The van der Waals surface area contributed by atoms with Gasteiger partial charge in [-0.2, -0.15) is 0 Å². The monoisotopic (exact) mass is 248 g/mol. The molecule has 100 valence electrons. The molecule has 0 bridgehead atoms. The number of benzene rings is 1. The molecule has 0 aliphatic heterocycles. The van der Waals surface area contributed by atoms with Crippen LogP contribution < -0.4 is 5.73 Å². The van der Waals surface area contributed by atoms with Crippen LogP contribution in [-0.2, 0) is 11.3 Å². The van der Waals surface area contributed by atoms with Gasteiger partial charge in [0.15, 0.2) is 0 Å². The van der Waals surface area contributed by atoms with E-state index in [1.807, 2.05) is 49.1 Å². The molecule has 0 heterocycles. The normalized spacial score (nSPS) is 14.0. The summed E-state index contributed by atoms with van der Waals surface area (Å²) in [6.45, 7) is 7.41. The fraction of sp³-hybridized carbons (Fsp3) is 0.533. The van der Waals surface area contributed by atoms with E-state index >= 15 is 0 Å². The standard InChI is InChI=1S/C15H24N2O/c1-4-12(3)14(16)15(18)17(5-2)11-13-9-7-6-8-10-13/h6-10,12,14H,4-5,11,16H2,1-3H3/t12?,14-/m0/s1. The third kappa shape index (κ3) is 3.84. The summed E-state index contributed by atoms with van der Waals surface area (Å²) >= 11 is 0. The van der Waals surface area contributed by atoms with Gasteiger partial charge >= 0.3 is 0 Å². The Hall–Kier alpha value is -1.35. The van der Waals surface area contributed by atoms with Crippen molar-refractivity contribution in [1.29, 1.82) is 0 Å². The van der Waals surface area contributed by atoms with Crippen molar-refractivity contribution in [3.63, 3.8) is 0 Å². The molecule has 3 heteroatoms. The van der Waals surface area contributed by atoms with E-state index in [4.69, 9.17) is 5.73 Å². The van der Waals surface area contributed by atoms with Gasteiger partial charge in [-0.15, -0.1) is 0 Å². The molecule has 18 heavy (non-hydrogen) atoms. The first-order valence-corrected chi connectivity index (χ1v) is 6.68. The second-order valence-electron chi connectivity index (χ2n) is 4.75. The number of likely N-dealkylation sites (N-methyl/N-ethyl adjacent to an activating group) is 1. The van der Waals surface area contributed by atoms with Gasteiger partial charge in [-0.3, -0.25) is 4.79 Å². The average Bonchev–Trinajstić information content (AvgIpc) is 2.43. The number of amides is 1. The molecule has 0 aliphatic carbocycles. The van der Waals surface area contributed by atoms with Gasteiger partial charge < -0.3 is 10.6 Å². The number of hydrogen-bond donors (Lipinski definition) is 1. The summed E-state index contributed by atoms with van der Waals surface area (Å²) in [5.41, 5.74) is 7.15. The van der Waals surface area contributed by atoms with E-state index in [0.717, 1.165) is 12.0 Å². The molecule has 0 spiro atoms. The molecule has 0 saturated heterocycles. The highest BCUT2D eigenvalue weighted by atomic mass is 16.2. The largest absolute Gasteiger partial charge is 0.337 e. The van der Waals surface area contributed by atoms with Crippen LogP contribution in [0.2, 0.25) is 0 Å². The average molecular weight is 248 g/mol. The molecule has 0 saturated carbocycles. The zero-order valence-electron chi connectivity index (χ0n) is 11.6. The molecular weight excluding hydrogens is 224 g/mol. The van der Waals surface area contributed by atoms with Crippen LogP contribution >= 0.6 is 0 Å². The summed E-state index contributed by atoms with van der Waals surface area (Å²) in [5.74, 6) is 0.276. The van der Waals surface area contributed by atoms with Crippen molar-refractivity contribution in [2.75, 3.05) is 6.54 Å². The SMILES string of the molecule is CCC(C)[C@H](N)C(=O)N(CC)Cc1ccccc1. The number of nitrogens with zero attached hydrogens (tertiary/aromatic N) is 1. The topological polar surface area (TPSA) is 46.3 Å². The van der Waals surface area contributed by atoms with Crippen LogP contribution in [0.4, 0.5) is 0 Å². The first-order valence-electron chi connectivity index (χ1n) is 6.68. The Bertz CT molecular complexity index is 364. The van der Waals surface area contributed by atoms with E-state index in [0.29, 0.717) is 13.1 Å². The smallest absolute Gasteiger partial charge is 0.240 e. The summed E-state index contributed by atoms with van der Waals surface area (Å²) in [6, 6.07) is 9.63. The van der Waals surface area contributed by atoms with E-state index in [-0.39, 0.29) is 11.8 Å². The zero-order chi connectivity index (χ0) is 13.5. The zero-order valence-corrected chi connectivity index (χ0v) is 11.6. The van der Waals surface area contributed by atoms with Crippen molar-refractivity contribution in [2.45, 2.75) is 39.8 Å². The Kier molecular flexibility index (Phi) is 5.86. The second-order valence-corrected chi connectivity index (χ2v) is 4.75. The molecule has 0 aliphatic rings. The summed E-state index contributed by atoms with van der Waals surface area (Å²) < 4.78 is 0. The molecule has 3 nitrogen and oxygen atoms in total. The minimum atomic E-state index is -0.390. The Labute approximate surface area is 110 Å². The number of nitrogens with two attached hydrogens (primary N) is 1. The van der Waals surface area contributed by atoms with Crippen molar-refractivity contribution >= 4 is 5.91 Å². The molecule has 1 rings (SSSR count). The summed E-state index contributed by atoms with van der Waals surface area (Å²) in [5, 5.41) is 0. The van der Waals surface area contributed by atoms with Crippen molar-refractivity contribution in [2.24, 2.45) is 11.7 Å². The lowest BCUT2D eigenvalue weighted by Gasteiger charge is -2.27. The maximum Gasteiger partial charge on any atom is 0.240 e. The van der Waals surface area contributed by atoms with Crippen LogP contribution in [0.25, 0.3) is 0 Å². The maximum absolute atomic E-state index is 12.3. The van der Waals surface area contributed by atoms with Crippen LogP contribution in [0.15, 0.2) is 30.3 Å². The molecule has 0 fully saturated rings. The van der Waals surface area contributed by atoms with E-state index in [2.05, 4.69) is 6.92 Å². The summed E-state index contributed by atoms with van der Waals surface area (Å²) in [7, 11) is 0. The van der Waals surface area contributed by atoms with Crippen molar-refractivity contribution < 1.29 is 4.79 Å². The van der Waals surface area contributed by atoms with E-state index in [1.54, 1.807) is 0 Å². The highest BCUT2D eigenvalue weighted by Gasteiger charge is 2.23. The molecule has 0 aromatic heterocycles. The highest BCUT2D eigenvalue weighted by molar-refractivity contribution is 5.81. The Balaban J connectivity index is 2.69. The lowest BCUT2D eigenvalue weighted by molar-refractivity contribution is -0.134. The lowest BCUT2D eigenvalue weighted by Crippen LogP contribution is -2.46. The minimum Gasteiger partial charge on any atom is -0.337 e. The molecule has 2 N–H and O–H groups in total. The van der Waals surface area contributed by atoms with E-state index in [9.17, 15) is 4.79 Å². The second kappa shape index (κ2) is 7.17. The van der Waals surface area contributed by atoms with Crippen molar-refractivity contribution in [3.05, 3.63) is 35.9 Å².